The normalized spacial score (nSPS) is 12.9. The molecule has 6 heteroatoms. The molecule has 0 amide bonds. The second kappa shape index (κ2) is 61.6. The van der Waals surface area contributed by atoms with Gasteiger partial charge in [0.25, 0.3) is 0 Å². The van der Waals surface area contributed by atoms with Crippen molar-refractivity contribution in [3.63, 3.8) is 0 Å². The summed E-state index contributed by atoms with van der Waals surface area (Å²) in [5.74, 6) is -0.981. The Balaban J connectivity index is 4.19. The summed E-state index contributed by atoms with van der Waals surface area (Å²) in [5, 5.41) is 0. The van der Waals surface area contributed by atoms with Crippen molar-refractivity contribution < 1.29 is 28.6 Å². The van der Waals surface area contributed by atoms with Gasteiger partial charge in [-0.15, -0.1) is 0 Å². The third-order valence-corrected chi connectivity index (χ3v) is 13.0. The highest BCUT2D eigenvalue weighted by Crippen LogP contribution is 2.16. The minimum absolute atomic E-state index is 0.104. The molecule has 0 bridgehead atoms. The molecule has 1 unspecified atom stereocenters. The van der Waals surface area contributed by atoms with Gasteiger partial charge < -0.3 is 14.2 Å². The van der Waals surface area contributed by atoms with E-state index < -0.39 is 6.10 Å². The highest BCUT2D eigenvalue weighted by molar-refractivity contribution is 5.71. The summed E-state index contributed by atoms with van der Waals surface area (Å²) in [6.07, 6.45) is 84.1. The molecule has 0 N–H and O–H groups in total. The first-order valence-corrected chi connectivity index (χ1v) is 30.9. The molecule has 0 radical (unpaired) electrons. The molecule has 0 aromatic heterocycles. The third-order valence-electron chi connectivity index (χ3n) is 13.0. The molecule has 0 saturated carbocycles. The Hall–Kier alpha value is -3.93. The van der Waals surface area contributed by atoms with Crippen molar-refractivity contribution in [1.82, 2.24) is 0 Å². The third kappa shape index (κ3) is 59.0. The average Bonchev–Trinajstić information content (AvgIpc) is 3.40. The summed E-state index contributed by atoms with van der Waals surface area (Å²) in [5.41, 5.74) is 0. The highest BCUT2D eigenvalue weighted by Gasteiger charge is 2.19. The zero-order chi connectivity index (χ0) is 53.6. The predicted octanol–water partition coefficient (Wildman–Crippen LogP) is 21.0. The van der Waals surface area contributed by atoms with E-state index in [1.165, 1.54) is 141 Å². The number of ether oxygens (including phenoxy) is 3. The van der Waals surface area contributed by atoms with Crippen LogP contribution in [0.1, 0.15) is 284 Å². The van der Waals surface area contributed by atoms with Crippen molar-refractivity contribution in [3.8, 4) is 0 Å². The lowest BCUT2D eigenvalue weighted by molar-refractivity contribution is -0.166. The zero-order valence-electron chi connectivity index (χ0n) is 48.3. The standard InChI is InChI=1S/C68H114O6/c1-4-7-10-13-16-19-22-25-26-27-28-29-30-31-32-33-34-35-36-37-38-39-40-41-42-44-46-49-52-55-58-61-67(70)73-64-65(63-72-66(69)60-57-54-51-48-45-24-21-18-15-12-9-6-3)74-68(71)62-59-56-53-50-47-43-23-20-17-14-11-8-5-2/h7-8,10-11,16-17,19-20,25-26,28-29,31-32,43,47,53,56,65H,4-6,9,12-15,18,21-24,27,30,33-42,44-46,48-52,54-55,57-64H2,1-3H3/b10-7-,11-8-,19-16-,20-17-,26-25-,29-28-,32-31-,47-43-,56-53-. The fourth-order valence-electron chi connectivity index (χ4n) is 8.48. The molecular weight excluding hydrogens is 913 g/mol. The smallest absolute Gasteiger partial charge is 0.306 e. The van der Waals surface area contributed by atoms with E-state index in [2.05, 4.69) is 124 Å². The summed E-state index contributed by atoms with van der Waals surface area (Å²) in [7, 11) is 0. The zero-order valence-corrected chi connectivity index (χ0v) is 48.3. The van der Waals surface area contributed by atoms with Crippen molar-refractivity contribution in [2.75, 3.05) is 13.2 Å². The molecule has 0 aromatic carbocycles. The maximum Gasteiger partial charge on any atom is 0.306 e. The van der Waals surface area contributed by atoms with Crippen LogP contribution in [0.5, 0.6) is 0 Å². The molecule has 0 heterocycles. The minimum Gasteiger partial charge on any atom is -0.462 e. The van der Waals surface area contributed by atoms with Crippen LogP contribution in [0.4, 0.5) is 0 Å². The molecule has 0 rings (SSSR count). The largest absolute Gasteiger partial charge is 0.462 e. The van der Waals surface area contributed by atoms with E-state index in [0.717, 1.165) is 96.3 Å². The van der Waals surface area contributed by atoms with Crippen molar-refractivity contribution in [1.29, 1.82) is 0 Å². The summed E-state index contributed by atoms with van der Waals surface area (Å²) >= 11 is 0. The summed E-state index contributed by atoms with van der Waals surface area (Å²) in [6.45, 7) is 6.36. The lowest BCUT2D eigenvalue weighted by atomic mass is 10.0. The van der Waals surface area contributed by atoms with Crippen LogP contribution >= 0.6 is 0 Å². The minimum atomic E-state index is -0.814. The topological polar surface area (TPSA) is 78.9 Å². The Bertz CT molecular complexity index is 1510. The van der Waals surface area contributed by atoms with Crippen LogP contribution in [0.15, 0.2) is 109 Å². The maximum atomic E-state index is 12.8. The molecule has 1 atom stereocenters. The van der Waals surface area contributed by atoms with Gasteiger partial charge in [-0.1, -0.05) is 284 Å². The molecule has 0 spiro atoms. The lowest BCUT2D eigenvalue weighted by Crippen LogP contribution is -2.30. The Morgan fingerprint density at radius 3 is 0.878 bits per heavy atom. The van der Waals surface area contributed by atoms with Crippen LogP contribution in [0.3, 0.4) is 0 Å². The molecule has 0 aliphatic rings. The number of carbonyl (C=O) groups excluding carboxylic acids is 3. The first-order chi connectivity index (χ1) is 36.5. The van der Waals surface area contributed by atoms with Gasteiger partial charge in [-0.3, -0.25) is 14.4 Å². The van der Waals surface area contributed by atoms with Crippen molar-refractivity contribution in [2.45, 2.75) is 290 Å². The lowest BCUT2D eigenvalue weighted by Gasteiger charge is -2.18. The van der Waals surface area contributed by atoms with Gasteiger partial charge in [0, 0.05) is 19.3 Å². The van der Waals surface area contributed by atoms with E-state index in [-0.39, 0.29) is 37.5 Å². The number of rotatable bonds is 55. The summed E-state index contributed by atoms with van der Waals surface area (Å²) in [6, 6.07) is 0. The number of carbonyl (C=O) groups is 3. The van der Waals surface area contributed by atoms with Crippen LogP contribution in [0, 0.1) is 0 Å². The summed E-state index contributed by atoms with van der Waals surface area (Å²) < 4.78 is 16.8. The maximum absolute atomic E-state index is 12.8. The quantitative estimate of drug-likeness (QED) is 0.0261. The van der Waals surface area contributed by atoms with Crippen molar-refractivity contribution >= 4 is 17.9 Å². The van der Waals surface area contributed by atoms with Crippen molar-refractivity contribution in [2.24, 2.45) is 0 Å². The Kier molecular flexibility index (Phi) is 58.3. The Morgan fingerprint density at radius 1 is 0.284 bits per heavy atom. The van der Waals surface area contributed by atoms with E-state index in [1.807, 2.05) is 6.08 Å². The number of allylic oxidation sites excluding steroid dienone is 18. The second-order valence-corrected chi connectivity index (χ2v) is 20.2. The predicted molar refractivity (Wildman–Crippen MR) is 320 cm³/mol. The first-order valence-electron chi connectivity index (χ1n) is 30.9. The SMILES string of the molecule is CC/C=C\C/C=C\C/C=C\C/C=C\C/C=C\CCCCCCCCCCCCCCCCCC(=O)OCC(COC(=O)CCCCCCCCCCCCCC)OC(=O)CC/C=C\C/C=C\C/C=C\C/C=C\CC. The van der Waals surface area contributed by atoms with Gasteiger partial charge in [0.15, 0.2) is 6.10 Å². The van der Waals surface area contributed by atoms with Gasteiger partial charge in [0.2, 0.25) is 0 Å². The van der Waals surface area contributed by atoms with E-state index >= 15 is 0 Å². The van der Waals surface area contributed by atoms with E-state index in [4.69, 9.17) is 14.2 Å². The fourth-order valence-corrected chi connectivity index (χ4v) is 8.48. The summed E-state index contributed by atoms with van der Waals surface area (Å²) in [4.78, 5) is 38.1. The van der Waals surface area contributed by atoms with Crippen LogP contribution in [-0.4, -0.2) is 37.2 Å². The van der Waals surface area contributed by atoms with E-state index in [9.17, 15) is 14.4 Å². The van der Waals surface area contributed by atoms with Gasteiger partial charge in [-0.05, 0) is 89.9 Å². The van der Waals surface area contributed by atoms with Crippen LogP contribution in [0.2, 0.25) is 0 Å². The molecule has 0 aromatic rings. The molecule has 0 saturated heterocycles. The van der Waals surface area contributed by atoms with Gasteiger partial charge in [0.1, 0.15) is 13.2 Å². The fraction of sp³-hybridized carbons (Fsp3) is 0.691. The monoisotopic (exact) mass is 1030 g/mol. The van der Waals surface area contributed by atoms with Crippen LogP contribution < -0.4 is 0 Å². The van der Waals surface area contributed by atoms with Gasteiger partial charge in [0.05, 0.1) is 0 Å². The molecule has 422 valence electrons. The first kappa shape index (κ1) is 70.1. The van der Waals surface area contributed by atoms with Gasteiger partial charge in [-0.25, -0.2) is 0 Å². The molecule has 74 heavy (non-hydrogen) atoms. The Labute approximate surface area is 457 Å². The average molecular weight is 1030 g/mol. The van der Waals surface area contributed by atoms with E-state index in [0.29, 0.717) is 19.3 Å². The number of hydrogen-bond donors (Lipinski definition) is 0. The van der Waals surface area contributed by atoms with E-state index in [1.54, 1.807) is 0 Å². The molecule has 0 fully saturated rings. The van der Waals surface area contributed by atoms with Crippen LogP contribution in [-0.2, 0) is 28.6 Å². The highest BCUT2D eigenvalue weighted by atomic mass is 16.6. The van der Waals surface area contributed by atoms with Crippen molar-refractivity contribution in [3.05, 3.63) is 109 Å². The molecule has 0 aliphatic carbocycles. The molecular formula is C68H114O6. The number of unbranched alkanes of at least 4 members (excludes halogenated alkanes) is 26. The number of esters is 3. The van der Waals surface area contributed by atoms with Crippen LogP contribution in [0.25, 0.3) is 0 Å². The molecule has 0 aliphatic heterocycles. The molecule has 6 nitrogen and oxygen atoms in total. The van der Waals surface area contributed by atoms with Gasteiger partial charge >= 0.3 is 17.9 Å². The number of hydrogen-bond acceptors (Lipinski definition) is 6. The Morgan fingerprint density at radius 2 is 0.554 bits per heavy atom. The second-order valence-electron chi connectivity index (χ2n) is 20.2. The van der Waals surface area contributed by atoms with Gasteiger partial charge in [-0.2, -0.15) is 0 Å².